The van der Waals surface area contributed by atoms with Gasteiger partial charge in [0.2, 0.25) is 0 Å². The summed E-state index contributed by atoms with van der Waals surface area (Å²) in [5.41, 5.74) is 6.96. The summed E-state index contributed by atoms with van der Waals surface area (Å²) in [5, 5.41) is 3.26. The van der Waals surface area contributed by atoms with Crippen molar-refractivity contribution in [1.82, 2.24) is 0 Å². The molecule has 0 aliphatic carbocycles. The first-order chi connectivity index (χ1) is 8.45. The summed E-state index contributed by atoms with van der Waals surface area (Å²) in [7, 11) is 0. The topological polar surface area (TPSA) is 48.8 Å². The summed E-state index contributed by atoms with van der Waals surface area (Å²) < 4.78 is 50.1. The lowest BCUT2D eigenvalue weighted by Gasteiger charge is -2.08. The SMILES string of the molecule is [N-]=[N+]=NCCC=Cc1ccc(F)c(C(F)(F)F)c1. The van der Waals surface area contributed by atoms with E-state index in [4.69, 9.17) is 5.53 Å². The summed E-state index contributed by atoms with van der Waals surface area (Å²) in [6, 6.07) is 2.75. The molecule has 18 heavy (non-hydrogen) atoms. The predicted octanol–water partition coefficient (Wildman–Crippen LogP) is 4.56. The number of halogens is 4. The molecule has 0 radical (unpaired) electrons. The third kappa shape index (κ3) is 4.10. The fraction of sp³-hybridized carbons (Fsp3) is 0.273. The minimum atomic E-state index is -4.71. The van der Waals surface area contributed by atoms with Crippen molar-refractivity contribution < 1.29 is 17.6 Å². The van der Waals surface area contributed by atoms with Crippen molar-refractivity contribution in [2.24, 2.45) is 5.11 Å². The number of nitrogens with zero attached hydrogens (tertiary/aromatic N) is 3. The molecule has 0 aliphatic heterocycles. The van der Waals surface area contributed by atoms with E-state index < -0.39 is 17.6 Å². The van der Waals surface area contributed by atoms with Gasteiger partial charge < -0.3 is 0 Å². The van der Waals surface area contributed by atoms with Gasteiger partial charge in [0.25, 0.3) is 0 Å². The van der Waals surface area contributed by atoms with Crippen LogP contribution in [0.4, 0.5) is 17.6 Å². The summed E-state index contributed by atoms with van der Waals surface area (Å²) in [6.45, 7) is 0.223. The highest BCUT2D eigenvalue weighted by atomic mass is 19.4. The van der Waals surface area contributed by atoms with Crippen molar-refractivity contribution >= 4 is 6.08 Å². The first-order valence-electron chi connectivity index (χ1n) is 4.99. The molecule has 7 heteroatoms. The Kier molecular flexibility index (Phi) is 4.74. The summed E-state index contributed by atoms with van der Waals surface area (Å²) >= 11 is 0. The molecule has 96 valence electrons. The van der Waals surface area contributed by atoms with Crippen LogP contribution in [0.1, 0.15) is 17.5 Å². The molecule has 0 fully saturated rings. The standard InChI is InChI=1S/C11H9F4N3/c12-10-5-4-8(3-1-2-6-17-18-16)7-9(10)11(13,14)15/h1,3-5,7H,2,6H2. The minimum absolute atomic E-state index is 0.223. The smallest absolute Gasteiger partial charge is 0.206 e. The number of benzene rings is 1. The van der Waals surface area contributed by atoms with E-state index in [0.717, 1.165) is 12.1 Å². The molecule has 0 spiro atoms. The number of rotatable bonds is 4. The van der Waals surface area contributed by atoms with Gasteiger partial charge in [0.05, 0.1) is 5.56 Å². The first kappa shape index (κ1) is 14.1. The normalized spacial score (nSPS) is 11.6. The van der Waals surface area contributed by atoms with Gasteiger partial charge in [-0.05, 0) is 29.6 Å². The van der Waals surface area contributed by atoms with Gasteiger partial charge in [-0.1, -0.05) is 23.3 Å². The van der Waals surface area contributed by atoms with E-state index in [0.29, 0.717) is 6.42 Å². The molecule has 0 unspecified atom stereocenters. The van der Waals surface area contributed by atoms with Gasteiger partial charge in [-0.25, -0.2) is 4.39 Å². The van der Waals surface area contributed by atoms with Crippen LogP contribution in [-0.4, -0.2) is 6.54 Å². The van der Waals surface area contributed by atoms with Crippen LogP contribution >= 0.6 is 0 Å². The van der Waals surface area contributed by atoms with E-state index >= 15 is 0 Å². The maximum atomic E-state index is 13.0. The van der Waals surface area contributed by atoms with Crippen molar-refractivity contribution in [1.29, 1.82) is 0 Å². The Balaban J connectivity index is 2.82. The highest BCUT2D eigenvalue weighted by Crippen LogP contribution is 2.32. The van der Waals surface area contributed by atoms with E-state index in [-0.39, 0.29) is 12.1 Å². The Hall–Kier alpha value is -2.01. The van der Waals surface area contributed by atoms with Crippen molar-refractivity contribution in [3.8, 4) is 0 Å². The highest BCUT2D eigenvalue weighted by molar-refractivity contribution is 5.50. The number of azide groups is 1. The lowest BCUT2D eigenvalue weighted by Crippen LogP contribution is -2.08. The quantitative estimate of drug-likeness (QED) is 0.250. The van der Waals surface area contributed by atoms with Gasteiger partial charge in [0.1, 0.15) is 5.82 Å². The molecule has 1 aromatic carbocycles. The molecule has 3 nitrogen and oxygen atoms in total. The van der Waals surface area contributed by atoms with E-state index in [1.54, 1.807) is 6.08 Å². The average molecular weight is 259 g/mol. The van der Waals surface area contributed by atoms with Crippen molar-refractivity contribution in [2.45, 2.75) is 12.6 Å². The van der Waals surface area contributed by atoms with Crippen LogP contribution in [0.15, 0.2) is 29.4 Å². The van der Waals surface area contributed by atoms with Crippen LogP contribution in [0.2, 0.25) is 0 Å². The van der Waals surface area contributed by atoms with Crippen molar-refractivity contribution in [3.05, 3.63) is 51.7 Å². The zero-order valence-electron chi connectivity index (χ0n) is 9.15. The van der Waals surface area contributed by atoms with E-state index in [2.05, 4.69) is 10.0 Å². The predicted molar refractivity (Wildman–Crippen MR) is 59.1 cm³/mol. The molecule has 0 atom stereocenters. The Bertz CT molecular complexity index is 488. The second kappa shape index (κ2) is 6.07. The number of hydrogen-bond donors (Lipinski definition) is 0. The van der Waals surface area contributed by atoms with E-state index in [1.165, 1.54) is 12.1 Å². The van der Waals surface area contributed by atoms with Gasteiger partial charge in [0, 0.05) is 11.5 Å². The lowest BCUT2D eigenvalue weighted by molar-refractivity contribution is -0.140. The van der Waals surface area contributed by atoms with Gasteiger partial charge in [0.15, 0.2) is 0 Å². The maximum Gasteiger partial charge on any atom is 0.419 e. The Labute approximate surface area is 100 Å². The molecule has 0 aromatic heterocycles. The van der Waals surface area contributed by atoms with Crippen LogP contribution in [-0.2, 0) is 6.18 Å². The van der Waals surface area contributed by atoms with Crippen LogP contribution in [0.5, 0.6) is 0 Å². The first-order valence-corrected chi connectivity index (χ1v) is 4.99. The van der Waals surface area contributed by atoms with Crippen LogP contribution in [0.25, 0.3) is 16.5 Å². The Morgan fingerprint density at radius 1 is 1.33 bits per heavy atom. The largest absolute Gasteiger partial charge is 0.419 e. The maximum absolute atomic E-state index is 13.0. The molecule has 0 heterocycles. The lowest BCUT2D eigenvalue weighted by atomic mass is 10.1. The monoisotopic (exact) mass is 259 g/mol. The molecule has 0 saturated heterocycles. The minimum Gasteiger partial charge on any atom is -0.206 e. The molecule has 1 aromatic rings. The van der Waals surface area contributed by atoms with Crippen LogP contribution < -0.4 is 0 Å². The van der Waals surface area contributed by atoms with Crippen molar-refractivity contribution in [2.75, 3.05) is 6.54 Å². The molecular formula is C11H9F4N3. The van der Waals surface area contributed by atoms with E-state index in [1.807, 2.05) is 0 Å². The third-order valence-corrected chi connectivity index (χ3v) is 2.07. The summed E-state index contributed by atoms with van der Waals surface area (Å²) in [5.74, 6) is -1.30. The molecular weight excluding hydrogens is 250 g/mol. The fourth-order valence-electron chi connectivity index (χ4n) is 1.26. The molecule has 0 bridgehead atoms. The van der Waals surface area contributed by atoms with Crippen molar-refractivity contribution in [3.63, 3.8) is 0 Å². The van der Waals surface area contributed by atoms with Gasteiger partial charge >= 0.3 is 6.18 Å². The molecule has 0 aliphatic rings. The van der Waals surface area contributed by atoms with Crippen LogP contribution in [0, 0.1) is 5.82 Å². The second-order valence-corrected chi connectivity index (χ2v) is 3.38. The number of hydrogen-bond acceptors (Lipinski definition) is 1. The Morgan fingerprint density at radius 2 is 2.06 bits per heavy atom. The molecule has 0 amide bonds. The molecule has 0 saturated carbocycles. The molecule has 0 N–H and O–H groups in total. The fourth-order valence-corrected chi connectivity index (χ4v) is 1.26. The summed E-state index contributed by atoms with van der Waals surface area (Å²) in [4.78, 5) is 2.53. The third-order valence-electron chi connectivity index (χ3n) is 2.07. The highest BCUT2D eigenvalue weighted by Gasteiger charge is 2.33. The average Bonchev–Trinajstić information content (AvgIpc) is 2.29. The Morgan fingerprint density at radius 3 is 2.67 bits per heavy atom. The zero-order valence-corrected chi connectivity index (χ0v) is 9.15. The van der Waals surface area contributed by atoms with E-state index in [9.17, 15) is 17.6 Å². The van der Waals surface area contributed by atoms with Gasteiger partial charge in [-0.2, -0.15) is 13.2 Å². The van der Waals surface area contributed by atoms with Gasteiger partial charge in [-0.15, -0.1) is 0 Å². The second-order valence-electron chi connectivity index (χ2n) is 3.38. The molecule has 1 rings (SSSR count). The van der Waals surface area contributed by atoms with Gasteiger partial charge in [-0.3, -0.25) is 0 Å². The number of alkyl halides is 3. The zero-order chi connectivity index (χ0) is 13.6. The van der Waals surface area contributed by atoms with Crippen LogP contribution in [0.3, 0.4) is 0 Å². The summed E-state index contributed by atoms with van der Waals surface area (Å²) in [6.07, 6.45) is -1.33.